The number of rotatable bonds is 11. The minimum absolute atomic E-state index is 0.0159. The molecule has 4 aliphatic rings. The topological polar surface area (TPSA) is 149 Å². The van der Waals surface area contributed by atoms with Gasteiger partial charge in [-0.15, -0.1) is 0 Å². The number of epoxide rings is 1. The summed E-state index contributed by atoms with van der Waals surface area (Å²) in [5, 5.41) is 32.6. The van der Waals surface area contributed by atoms with Gasteiger partial charge >= 0.3 is 12.1 Å². The smallest absolute Gasteiger partial charge is 0.410 e. The van der Waals surface area contributed by atoms with Crippen molar-refractivity contribution < 1.29 is 43.9 Å². The largest absolute Gasteiger partial charge is 0.457 e. The van der Waals surface area contributed by atoms with E-state index in [0.29, 0.717) is 31.5 Å². The summed E-state index contributed by atoms with van der Waals surface area (Å²) in [6.07, 6.45) is 9.56. The van der Waals surface area contributed by atoms with Crippen LogP contribution in [0, 0.1) is 17.8 Å². The Balaban J connectivity index is 1.44. The van der Waals surface area contributed by atoms with Crippen molar-refractivity contribution in [2.24, 2.45) is 17.8 Å². The van der Waals surface area contributed by atoms with Gasteiger partial charge in [0.25, 0.3) is 0 Å². The minimum atomic E-state index is -1.54. The molecule has 3 N–H and O–H groups in total. The first-order valence-corrected chi connectivity index (χ1v) is 18.3. The number of aliphatic hydroxyl groups is 3. The summed E-state index contributed by atoms with van der Waals surface area (Å²) in [7, 11) is 0. The Kier molecular flexibility index (Phi) is 13.7. The Morgan fingerprint density at radius 2 is 1.94 bits per heavy atom. The number of aliphatic hydroxyl groups excluding tert-OH is 1. The molecule has 0 radical (unpaired) electrons. The molecule has 49 heavy (non-hydrogen) atoms. The van der Waals surface area contributed by atoms with Gasteiger partial charge in [0.1, 0.15) is 23.9 Å². The van der Waals surface area contributed by atoms with Crippen molar-refractivity contribution in [1.82, 2.24) is 9.80 Å². The molecule has 1 saturated carbocycles. The van der Waals surface area contributed by atoms with Crippen LogP contribution in [-0.4, -0.2) is 117 Å². The summed E-state index contributed by atoms with van der Waals surface area (Å²) in [4.78, 5) is 43.1. The maximum atomic E-state index is 13.4. The van der Waals surface area contributed by atoms with Gasteiger partial charge < -0.3 is 39.3 Å². The van der Waals surface area contributed by atoms with E-state index in [1.54, 1.807) is 49.1 Å². The molecular formula is C38H60N2O9. The predicted octanol–water partition coefficient (Wildman–Crippen LogP) is 4.34. The number of amides is 1. The molecule has 9 unspecified atom stereocenters. The van der Waals surface area contributed by atoms with Crippen LogP contribution in [0.25, 0.3) is 0 Å². The molecule has 1 aliphatic carbocycles. The standard InChI is InChI=1S/C38H60N2O9/c1-7-30(42)27(4)35-31(47-35)23-37(5,45)16-8-10-25(2)34-26(3)11-14-32(38(6,46)17-15-29(41)22-33(43)49-34)48-36(44)40-19-9-18-39(20-21-40)24-28-12-13-28/h8,10-11,14,16,26-28,30-32,34-35,42,45-46H,7,9,12-13,15,17-24H2,1-6H3/b14-11+,16-8+,25-10+. The molecule has 0 aromatic heterocycles. The number of ketones is 1. The highest BCUT2D eigenvalue weighted by Crippen LogP contribution is 2.37. The van der Waals surface area contributed by atoms with Gasteiger partial charge in [0.05, 0.1) is 23.9 Å². The number of hydrogen-bond acceptors (Lipinski definition) is 10. The Morgan fingerprint density at radius 1 is 1.20 bits per heavy atom. The van der Waals surface area contributed by atoms with Crippen LogP contribution in [0.4, 0.5) is 4.79 Å². The van der Waals surface area contributed by atoms with Crippen LogP contribution in [0.2, 0.25) is 0 Å². The van der Waals surface area contributed by atoms with Crippen molar-refractivity contribution in [2.75, 3.05) is 32.7 Å². The number of allylic oxidation sites excluding steroid dienone is 2. The van der Waals surface area contributed by atoms with Crippen molar-refractivity contribution in [3.63, 3.8) is 0 Å². The lowest BCUT2D eigenvalue weighted by atomic mass is 9.89. The molecule has 3 heterocycles. The Bertz CT molecular complexity index is 1240. The van der Waals surface area contributed by atoms with Crippen molar-refractivity contribution in [2.45, 2.75) is 135 Å². The first-order chi connectivity index (χ1) is 23.1. The van der Waals surface area contributed by atoms with Gasteiger partial charge in [0.15, 0.2) is 6.10 Å². The van der Waals surface area contributed by atoms with E-state index < -0.39 is 53.9 Å². The third-order valence-electron chi connectivity index (χ3n) is 10.5. The van der Waals surface area contributed by atoms with E-state index in [2.05, 4.69) is 4.90 Å². The van der Waals surface area contributed by atoms with Crippen molar-refractivity contribution in [3.8, 4) is 0 Å². The summed E-state index contributed by atoms with van der Waals surface area (Å²) < 4.78 is 17.5. The molecule has 0 aromatic rings. The molecule has 4 rings (SSSR count). The number of hydrogen-bond donors (Lipinski definition) is 3. The Hall–Kier alpha value is -2.57. The fraction of sp³-hybridized carbons (Fsp3) is 0.763. The molecule has 276 valence electrons. The Labute approximate surface area is 292 Å². The highest BCUT2D eigenvalue weighted by molar-refractivity contribution is 5.95. The van der Waals surface area contributed by atoms with E-state index in [1.807, 2.05) is 27.7 Å². The van der Waals surface area contributed by atoms with E-state index in [9.17, 15) is 29.7 Å². The van der Waals surface area contributed by atoms with Crippen LogP contribution in [0.3, 0.4) is 0 Å². The molecule has 1 amide bonds. The van der Waals surface area contributed by atoms with E-state index in [0.717, 1.165) is 32.0 Å². The molecule has 9 atom stereocenters. The van der Waals surface area contributed by atoms with Gasteiger partial charge in [0.2, 0.25) is 0 Å². The molecular weight excluding hydrogens is 628 g/mol. The second-order valence-electron chi connectivity index (χ2n) is 15.4. The quantitative estimate of drug-likeness (QED) is 0.0942. The van der Waals surface area contributed by atoms with Crippen molar-refractivity contribution in [1.29, 1.82) is 0 Å². The average molecular weight is 689 g/mol. The number of esters is 1. The summed E-state index contributed by atoms with van der Waals surface area (Å²) in [6, 6.07) is 0. The molecule has 2 saturated heterocycles. The van der Waals surface area contributed by atoms with Gasteiger partial charge in [-0.1, -0.05) is 45.1 Å². The number of carbonyl (C=O) groups excluding carboxylic acids is 3. The van der Waals surface area contributed by atoms with Crippen LogP contribution in [0.15, 0.2) is 36.0 Å². The monoisotopic (exact) mass is 688 g/mol. The van der Waals surface area contributed by atoms with E-state index in [-0.39, 0.29) is 36.8 Å². The van der Waals surface area contributed by atoms with Crippen LogP contribution < -0.4 is 0 Å². The number of ether oxygens (including phenoxy) is 3. The molecule has 3 aliphatic heterocycles. The summed E-state index contributed by atoms with van der Waals surface area (Å²) in [5.41, 5.74) is -2.03. The second kappa shape index (κ2) is 17.1. The lowest BCUT2D eigenvalue weighted by molar-refractivity contribution is -0.151. The van der Waals surface area contributed by atoms with Crippen LogP contribution in [0.5, 0.6) is 0 Å². The highest BCUT2D eigenvalue weighted by Gasteiger charge is 2.47. The third-order valence-corrected chi connectivity index (χ3v) is 10.5. The maximum Gasteiger partial charge on any atom is 0.410 e. The van der Waals surface area contributed by atoms with E-state index >= 15 is 0 Å². The zero-order chi connectivity index (χ0) is 35.9. The average Bonchev–Trinajstić information content (AvgIpc) is 3.97. The summed E-state index contributed by atoms with van der Waals surface area (Å²) in [6.45, 7) is 14.7. The van der Waals surface area contributed by atoms with Crippen molar-refractivity contribution in [3.05, 3.63) is 36.0 Å². The zero-order valence-electron chi connectivity index (χ0n) is 30.4. The molecule has 0 bridgehead atoms. The lowest BCUT2D eigenvalue weighted by Gasteiger charge is -2.33. The number of cyclic esters (lactones) is 1. The summed E-state index contributed by atoms with van der Waals surface area (Å²) >= 11 is 0. The highest BCUT2D eigenvalue weighted by atomic mass is 16.6. The first-order valence-electron chi connectivity index (χ1n) is 18.3. The van der Waals surface area contributed by atoms with E-state index in [1.165, 1.54) is 12.8 Å². The molecule has 11 heteroatoms. The molecule has 0 aromatic carbocycles. The lowest BCUT2D eigenvalue weighted by Crippen LogP contribution is -2.45. The summed E-state index contributed by atoms with van der Waals surface area (Å²) in [5.74, 6) is -0.661. The van der Waals surface area contributed by atoms with Crippen molar-refractivity contribution >= 4 is 17.8 Å². The number of Topliss-reactive ketones (excluding diaryl/α,β-unsaturated/α-hetero) is 1. The Morgan fingerprint density at radius 3 is 2.63 bits per heavy atom. The number of nitrogens with zero attached hydrogens (tertiary/aromatic N) is 2. The van der Waals surface area contributed by atoms with Crippen LogP contribution in [0.1, 0.15) is 92.9 Å². The fourth-order valence-corrected chi connectivity index (χ4v) is 6.87. The van der Waals surface area contributed by atoms with Gasteiger partial charge in [-0.05, 0) is 77.0 Å². The first kappa shape index (κ1) is 39.2. The predicted molar refractivity (Wildman–Crippen MR) is 186 cm³/mol. The molecule has 0 spiro atoms. The maximum absolute atomic E-state index is 13.4. The van der Waals surface area contributed by atoms with E-state index in [4.69, 9.17) is 14.2 Å². The SMILES string of the molecule is CCC(O)C(C)C1OC1CC(C)(O)/C=C/C=C(\C)C1OC(=O)CC(=O)CCC(C)(O)C(OC(=O)N2CCCN(CC3CC3)CC2)/C=C/C1C. The fourth-order valence-electron chi connectivity index (χ4n) is 6.87. The van der Waals surface area contributed by atoms with Crippen LogP contribution in [-0.2, 0) is 23.8 Å². The zero-order valence-corrected chi connectivity index (χ0v) is 30.4. The van der Waals surface area contributed by atoms with Gasteiger partial charge in [-0.2, -0.15) is 0 Å². The second-order valence-corrected chi connectivity index (χ2v) is 15.4. The normalized spacial score (nSPS) is 34.2. The van der Waals surface area contributed by atoms with Gasteiger partial charge in [0, 0.05) is 50.9 Å². The third kappa shape index (κ3) is 12.0. The molecule has 3 fully saturated rings. The van der Waals surface area contributed by atoms with Gasteiger partial charge in [-0.3, -0.25) is 9.59 Å². The minimum Gasteiger partial charge on any atom is -0.457 e. The van der Waals surface area contributed by atoms with Gasteiger partial charge in [-0.25, -0.2) is 4.79 Å². The molecule has 11 nitrogen and oxygen atoms in total. The number of carbonyl (C=O) groups is 3. The van der Waals surface area contributed by atoms with Crippen LogP contribution >= 0.6 is 0 Å².